The average molecular weight is 127 g/mol. The Kier molecular flexibility index (Phi) is 1.79. The van der Waals surface area contributed by atoms with Crippen molar-refractivity contribution in [1.82, 2.24) is 4.90 Å². The van der Waals surface area contributed by atoms with E-state index in [4.69, 9.17) is 5.73 Å². The highest BCUT2D eigenvalue weighted by Crippen LogP contribution is 1.91. The molecule has 0 bridgehead atoms. The summed E-state index contributed by atoms with van der Waals surface area (Å²) in [6.45, 7) is 1.48. The smallest absolute Gasteiger partial charge is 0.241 e. The van der Waals surface area contributed by atoms with Crippen LogP contribution in [0.3, 0.4) is 0 Å². The zero-order valence-corrected chi connectivity index (χ0v) is 5.08. The first-order valence-corrected chi connectivity index (χ1v) is 2.84. The molecule has 1 aliphatic heterocycles. The Labute approximate surface area is 53.3 Å². The number of nitrogens with zero attached hydrogens (tertiary/aromatic N) is 2. The van der Waals surface area contributed by atoms with Crippen LogP contribution >= 0.6 is 0 Å². The van der Waals surface area contributed by atoms with Crippen LogP contribution in [0.5, 0.6) is 0 Å². The summed E-state index contributed by atoms with van der Waals surface area (Å²) in [5, 5.41) is 0. The summed E-state index contributed by atoms with van der Waals surface area (Å²) in [5.41, 5.74) is 5.10. The molecule has 0 aromatic carbocycles. The molecule has 0 spiro atoms. The Morgan fingerprint density at radius 3 is 3.11 bits per heavy atom. The topological polar surface area (TPSA) is 58.7 Å². The Morgan fingerprint density at radius 1 is 1.89 bits per heavy atom. The second-order valence-corrected chi connectivity index (χ2v) is 1.81. The molecule has 4 heteroatoms. The van der Waals surface area contributed by atoms with Crippen LogP contribution in [0, 0.1) is 0 Å². The number of hydrogen-bond donors (Lipinski definition) is 1. The second kappa shape index (κ2) is 2.59. The van der Waals surface area contributed by atoms with E-state index in [-0.39, 0.29) is 12.5 Å². The van der Waals surface area contributed by atoms with Gasteiger partial charge in [-0.25, -0.2) is 0 Å². The van der Waals surface area contributed by atoms with Gasteiger partial charge in [-0.05, 0) is 0 Å². The van der Waals surface area contributed by atoms with E-state index in [1.807, 2.05) is 0 Å². The molecular weight excluding hydrogens is 118 g/mol. The predicted molar refractivity (Wildman–Crippen MR) is 34.1 cm³/mol. The van der Waals surface area contributed by atoms with Crippen molar-refractivity contribution < 1.29 is 4.79 Å². The van der Waals surface area contributed by atoms with Gasteiger partial charge >= 0.3 is 0 Å². The molecule has 0 aromatic rings. The minimum atomic E-state index is -0.0590. The van der Waals surface area contributed by atoms with Crippen LogP contribution in [0.1, 0.15) is 0 Å². The van der Waals surface area contributed by atoms with Crippen LogP contribution in [-0.4, -0.2) is 36.8 Å². The number of carbonyl (C=O) groups excluding carboxylic acids is 1. The third-order valence-corrected chi connectivity index (χ3v) is 1.19. The summed E-state index contributed by atoms with van der Waals surface area (Å²) in [6, 6.07) is 0. The van der Waals surface area contributed by atoms with Crippen LogP contribution in [0.4, 0.5) is 0 Å². The van der Waals surface area contributed by atoms with Crippen LogP contribution in [0.25, 0.3) is 0 Å². The lowest BCUT2D eigenvalue weighted by molar-refractivity contribution is -0.125. The fraction of sp³-hybridized carbons (Fsp3) is 0.600. The fourth-order valence-corrected chi connectivity index (χ4v) is 0.686. The predicted octanol–water partition coefficient (Wildman–Crippen LogP) is -1.18. The number of nitrogens with two attached hydrogens (primary N) is 1. The molecular formula is C5H9N3O. The summed E-state index contributed by atoms with van der Waals surface area (Å²) >= 11 is 0. The van der Waals surface area contributed by atoms with Crippen molar-refractivity contribution in [1.29, 1.82) is 0 Å². The lowest BCUT2D eigenvalue weighted by Crippen LogP contribution is -2.33. The highest BCUT2D eigenvalue weighted by Gasteiger charge is 2.11. The van der Waals surface area contributed by atoms with Gasteiger partial charge in [0.25, 0.3) is 0 Å². The Hall–Kier alpha value is -0.900. The lowest BCUT2D eigenvalue weighted by Gasteiger charge is -2.08. The van der Waals surface area contributed by atoms with Gasteiger partial charge in [-0.2, -0.15) is 0 Å². The van der Waals surface area contributed by atoms with Crippen molar-refractivity contribution >= 4 is 12.2 Å². The number of amides is 1. The molecule has 1 heterocycles. The van der Waals surface area contributed by atoms with E-state index in [0.717, 1.165) is 0 Å². The Bertz CT molecular complexity index is 143. The van der Waals surface area contributed by atoms with Gasteiger partial charge in [-0.15, -0.1) is 0 Å². The van der Waals surface area contributed by atoms with Gasteiger partial charge in [0.1, 0.15) is 0 Å². The molecule has 0 saturated carbocycles. The SMILES string of the molecule is NCC(=O)N1C=NCC1. The van der Waals surface area contributed by atoms with Gasteiger partial charge in [0, 0.05) is 6.54 Å². The molecule has 0 aromatic heterocycles. The zero-order chi connectivity index (χ0) is 6.69. The molecule has 0 fully saturated rings. The van der Waals surface area contributed by atoms with Crippen LogP contribution in [0.2, 0.25) is 0 Å². The van der Waals surface area contributed by atoms with Crippen molar-refractivity contribution in [2.24, 2.45) is 10.7 Å². The second-order valence-electron chi connectivity index (χ2n) is 1.81. The van der Waals surface area contributed by atoms with Gasteiger partial charge in [-0.3, -0.25) is 9.79 Å². The Morgan fingerprint density at radius 2 is 2.67 bits per heavy atom. The first kappa shape index (κ1) is 6.22. The molecule has 1 amide bonds. The quantitative estimate of drug-likeness (QED) is 0.481. The van der Waals surface area contributed by atoms with Crippen molar-refractivity contribution in [2.75, 3.05) is 19.6 Å². The van der Waals surface area contributed by atoms with Gasteiger partial charge in [-0.1, -0.05) is 0 Å². The van der Waals surface area contributed by atoms with E-state index in [2.05, 4.69) is 4.99 Å². The van der Waals surface area contributed by atoms with Gasteiger partial charge in [0.05, 0.1) is 19.4 Å². The molecule has 0 saturated heterocycles. The van der Waals surface area contributed by atoms with E-state index < -0.39 is 0 Å². The monoisotopic (exact) mass is 127 g/mol. The fourth-order valence-electron chi connectivity index (χ4n) is 0.686. The normalized spacial score (nSPS) is 16.8. The minimum absolute atomic E-state index is 0.0590. The molecule has 1 rings (SSSR count). The van der Waals surface area contributed by atoms with Crippen molar-refractivity contribution in [2.45, 2.75) is 0 Å². The molecule has 0 atom stereocenters. The van der Waals surface area contributed by atoms with E-state index >= 15 is 0 Å². The Balaban J connectivity index is 2.43. The van der Waals surface area contributed by atoms with Gasteiger partial charge < -0.3 is 10.6 Å². The highest BCUT2D eigenvalue weighted by atomic mass is 16.2. The maximum atomic E-state index is 10.7. The van der Waals surface area contributed by atoms with E-state index in [9.17, 15) is 4.79 Å². The maximum absolute atomic E-state index is 10.7. The lowest BCUT2D eigenvalue weighted by atomic mass is 10.5. The van der Waals surface area contributed by atoms with E-state index in [0.29, 0.717) is 13.1 Å². The van der Waals surface area contributed by atoms with E-state index in [1.165, 1.54) is 11.2 Å². The van der Waals surface area contributed by atoms with Crippen molar-refractivity contribution in [3.8, 4) is 0 Å². The van der Waals surface area contributed by atoms with Crippen LogP contribution in [0.15, 0.2) is 4.99 Å². The summed E-state index contributed by atoms with van der Waals surface area (Å²) in [6.07, 6.45) is 1.54. The summed E-state index contributed by atoms with van der Waals surface area (Å²) in [7, 11) is 0. The number of aliphatic imine (C=N–C) groups is 1. The summed E-state index contributed by atoms with van der Waals surface area (Å²) in [5.74, 6) is -0.0590. The molecule has 0 unspecified atom stereocenters. The van der Waals surface area contributed by atoms with E-state index in [1.54, 1.807) is 0 Å². The largest absolute Gasteiger partial charge is 0.322 e. The third kappa shape index (κ3) is 1.26. The zero-order valence-electron chi connectivity index (χ0n) is 5.08. The maximum Gasteiger partial charge on any atom is 0.241 e. The molecule has 50 valence electrons. The molecule has 9 heavy (non-hydrogen) atoms. The molecule has 1 aliphatic rings. The minimum Gasteiger partial charge on any atom is -0.322 e. The van der Waals surface area contributed by atoms with Crippen molar-refractivity contribution in [3.05, 3.63) is 0 Å². The number of hydrogen-bond acceptors (Lipinski definition) is 3. The molecule has 2 N–H and O–H groups in total. The summed E-state index contributed by atoms with van der Waals surface area (Å²) in [4.78, 5) is 16.1. The van der Waals surface area contributed by atoms with Crippen molar-refractivity contribution in [3.63, 3.8) is 0 Å². The van der Waals surface area contributed by atoms with Crippen LogP contribution < -0.4 is 5.73 Å². The first-order chi connectivity index (χ1) is 4.34. The standard InChI is InChI=1S/C5H9N3O/c6-3-5(9)8-2-1-7-4-8/h4H,1-3,6H2. The number of rotatable bonds is 1. The average Bonchev–Trinajstić information content (AvgIpc) is 2.37. The van der Waals surface area contributed by atoms with Crippen LogP contribution in [-0.2, 0) is 4.79 Å². The molecule has 0 radical (unpaired) electrons. The highest BCUT2D eigenvalue weighted by molar-refractivity contribution is 5.89. The van der Waals surface area contributed by atoms with Gasteiger partial charge in [0.15, 0.2) is 0 Å². The molecule has 0 aliphatic carbocycles. The first-order valence-electron chi connectivity index (χ1n) is 2.84. The number of carbonyl (C=O) groups is 1. The molecule has 4 nitrogen and oxygen atoms in total. The third-order valence-electron chi connectivity index (χ3n) is 1.19. The van der Waals surface area contributed by atoms with Gasteiger partial charge in [0.2, 0.25) is 5.91 Å². The summed E-state index contributed by atoms with van der Waals surface area (Å²) < 4.78 is 0.